The van der Waals surface area contributed by atoms with Crippen LogP contribution in [0.4, 0.5) is 14.9 Å². The van der Waals surface area contributed by atoms with Gasteiger partial charge in [0.2, 0.25) is 5.91 Å². The molecule has 9 heteroatoms. The summed E-state index contributed by atoms with van der Waals surface area (Å²) in [5.41, 5.74) is 9.05. The third-order valence-electron chi connectivity index (χ3n) is 7.94. The van der Waals surface area contributed by atoms with Crippen molar-refractivity contribution < 1.29 is 23.5 Å². The Morgan fingerprint density at radius 2 is 1.71 bits per heavy atom. The first-order valence-electron chi connectivity index (χ1n) is 14.3. The summed E-state index contributed by atoms with van der Waals surface area (Å²) in [6, 6.07) is 10.1. The number of carbonyl (C=O) groups excluding carboxylic acids is 3. The van der Waals surface area contributed by atoms with Crippen LogP contribution >= 0.6 is 0 Å². The highest BCUT2D eigenvalue weighted by Crippen LogP contribution is 2.43. The number of anilines is 1. The largest absolute Gasteiger partial charge is 0.444 e. The predicted octanol–water partition coefficient (Wildman–Crippen LogP) is 6.41. The average Bonchev–Trinajstić information content (AvgIpc) is 3.16. The molecule has 2 aliphatic rings. The zero-order valence-corrected chi connectivity index (χ0v) is 24.4. The Balaban J connectivity index is 1.44. The van der Waals surface area contributed by atoms with Gasteiger partial charge in [0.1, 0.15) is 11.4 Å². The minimum atomic E-state index is -0.555. The average molecular weight is 563 g/mol. The topological polar surface area (TPSA) is 115 Å². The summed E-state index contributed by atoms with van der Waals surface area (Å²) in [5, 5.41) is 7.28. The number of nitrogens with two attached hydrogens (primary N) is 1. The van der Waals surface area contributed by atoms with Gasteiger partial charge in [0.15, 0.2) is 0 Å². The number of amides is 2. The molecule has 0 saturated heterocycles. The Bertz CT molecular complexity index is 1530. The molecule has 1 fully saturated rings. The second kappa shape index (κ2) is 10.5. The summed E-state index contributed by atoms with van der Waals surface area (Å²) in [5.74, 6) is -0.992. The molecule has 41 heavy (non-hydrogen) atoms. The second-order valence-electron chi connectivity index (χ2n) is 13.2. The summed E-state index contributed by atoms with van der Waals surface area (Å²) in [4.78, 5) is 37.8. The van der Waals surface area contributed by atoms with Crippen molar-refractivity contribution in [3.8, 4) is 11.1 Å². The van der Waals surface area contributed by atoms with Crippen LogP contribution in [-0.4, -0.2) is 40.2 Å². The van der Waals surface area contributed by atoms with Gasteiger partial charge >= 0.3 is 6.09 Å². The molecule has 2 heterocycles. The molecule has 2 aromatic carbocycles. The fourth-order valence-corrected chi connectivity index (χ4v) is 6.20. The van der Waals surface area contributed by atoms with Gasteiger partial charge in [-0.1, -0.05) is 19.9 Å². The Labute approximate surface area is 239 Å². The highest BCUT2D eigenvalue weighted by Gasteiger charge is 2.35. The summed E-state index contributed by atoms with van der Waals surface area (Å²) >= 11 is 0. The first-order chi connectivity index (χ1) is 19.2. The van der Waals surface area contributed by atoms with Crippen molar-refractivity contribution in [2.45, 2.75) is 90.8 Å². The van der Waals surface area contributed by atoms with E-state index in [1.807, 2.05) is 32.9 Å². The van der Waals surface area contributed by atoms with Crippen LogP contribution in [0.5, 0.6) is 0 Å². The van der Waals surface area contributed by atoms with Gasteiger partial charge in [-0.15, -0.1) is 0 Å². The number of alkyl carbamates (subject to hydrolysis) is 1. The van der Waals surface area contributed by atoms with Gasteiger partial charge in [0.05, 0.1) is 11.1 Å². The summed E-state index contributed by atoms with van der Waals surface area (Å²) in [6.07, 6.45) is 3.72. The molecule has 0 radical (unpaired) electrons. The van der Waals surface area contributed by atoms with Crippen molar-refractivity contribution >= 4 is 34.5 Å². The number of hydrogen-bond donors (Lipinski definition) is 3. The van der Waals surface area contributed by atoms with Crippen LogP contribution in [0, 0.1) is 11.2 Å². The van der Waals surface area contributed by atoms with Crippen LogP contribution in [0.1, 0.15) is 87.6 Å². The standard InChI is InChI=1S/C32H39FN4O4/c1-31(2,3)41-30(40)36-21-10-8-20(9-11-21)35-24-14-18(6-12-22(24)29(34)39)28-23-13-7-19(33)15-25(23)37-26(28)16-32(4,5)17-27(37)38/h6-7,12-15,20-21,35H,8-11,16-17H2,1-5H3,(H2,34,39)(H,36,40)/t20-,21-. The van der Waals surface area contributed by atoms with E-state index in [1.165, 1.54) is 12.1 Å². The number of nitrogens with zero attached hydrogens (tertiary/aromatic N) is 1. The fourth-order valence-electron chi connectivity index (χ4n) is 6.20. The molecule has 8 nitrogen and oxygen atoms in total. The van der Waals surface area contributed by atoms with E-state index >= 15 is 0 Å². The van der Waals surface area contributed by atoms with Crippen LogP contribution in [0.25, 0.3) is 22.0 Å². The van der Waals surface area contributed by atoms with Gasteiger partial charge in [-0.3, -0.25) is 14.2 Å². The lowest BCUT2D eigenvalue weighted by Gasteiger charge is -2.32. The van der Waals surface area contributed by atoms with Gasteiger partial charge in [-0.2, -0.15) is 0 Å². The number of benzene rings is 2. The molecule has 4 N–H and O–H groups in total. The molecule has 1 aromatic heterocycles. The lowest BCUT2D eigenvalue weighted by Crippen LogP contribution is -2.42. The lowest BCUT2D eigenvalue weighted by atomic mass is 9.80. The molecule has 0 bridgehead atoms. The number of primary amides is 1. The van der Waals surface area contributed by atoms with Gasteiger partial charge in [-0.05, 0) is 94.2 Å². The van der Waals surface area contributed by atoms with E-state index in [2.05, 4.69) is 24.5 Å². The van der Waals surface area contributed by atoms with Crippen molar-refractivity contribution in [2.75, 3.05) is 5.32 Å². The quantitative estimate of drug-likeness (QED) is 0.333. The molecule has 0 spiro atoms. The number of fused-ring (bicyclic) bond motifs is 3. The van der Waals surface area contributed by atoms with Crippen molar-refractivity contribution in [1.82, 2.24) is 9.88 Å². The number of carbonyl (C=O) groups is 3. The molecule has 1 aliphatic heterocycles. The minimum absolute atomic E-state index is 0.0189. The number of ether oxygens (including phenoxy) is 1. The first kappa shape index (κ1) is 28.6. The van der Waals surface area contributed by atoms with Gasteiger partial charge in [0, 0.05) is 40.8 Å². The Morgan fingerprint density at radius 1 is 1.02 bits per heavy atom. The predicted molar refractivity (Wildman–Crippen MR) is 158 cm³/mol. The highest BCUT2D eigenvalue weighted by atomic mass is 19.1. The highest BCUT2D eigenvalue weighted by molar-refractivity contribution is 6.06. The van der Waals surface area contributed by atoms with E-state index in [9.17, 15) is 18.8 Å². The third-order valence-corrected chi connectivity index (χ3v) is 7.94. The fraction of sp³-hybridized carbons (Fsp3) is 0.469. The maximum Gasteiger partial charge on any atom is 0.407 e. The van der Waals surface area contributed by atoms with Gasteiger partial charge in [-0.25, -0.2) is 9.18 Å². The molecule has 2 amide bonds. The number of halogens is 1. The van der Waals surface area contributed by atoms with E-state index in [-0.39, 0.29) is 23.4 Å². The normalized spacial score (nSPS) is 20.4. The van der Waals surface area contributed by atoms with Crippen LogP contribution in [0.15, 0.2) is 36.4 Å². The first-order valence-corrected chi connectivity index (χ1v) is 14.3. The van der Waals surface area contributed by atoms with E-state index in [0.717, 1.165) is 47.9 Å². The molecule has 0 atom stereocenters. The van der Waals surface area contributed by atoms with E-state index in [4.69, 9.17) is 10.5 Å². The monoisotopic (exact) mass is 562 g/mol. The van der Waals surface area contributed by atoms with Crippen LogP contribution in [0.2, 0.25) is 0 Å². The van der Waals surface area contributed by atoms with E-state index in [1.54, 1.807) is 16.7 Å². The van der Waals surface area contributed by atoms with Crippen molar-refractivity contribution in [2.24, 2.45) is 11.1 Å². The second-order valence-corrected chi connectivity index (χ2v) is 13.2. The van der Waals surface area contributed by atoms with Crippen molar-refractivity contribution in [3.63, 3.8) is 0 Å². The molecule has 218 valence electrons. The minimum Gasteiger partial charge on any atom is -0.444 e. The maximum atomic E-state index is 14.3. The summed E-state index contributed by atoms with van der Waals surface area (Å²) in [6.45, 7) is 9.63. The summed E-state index contributed by atoms with van der Waals surface area (Å²) in [7, 11) is 0. The zero-order chi connectivity index (χ0) is 29.7. The SMILES string of the molecule is CC1(C)CC(=O)n2c(c(-c3ccc(C(N)=O)c(N[C@H]4CC[C@H](NC(=O)OC(C)(C)C)CC4)c3)c3ccc(F)cc32)C1. The number of aromatic nitrogens is 1. The van der Waals surface area contributed by atoms with Crippen LogP contribution < -0.4 is 16.4 Å². The van der Waals surface area contributed by atoms with Crippen molar-refractivity contribution in [3.05, 3.63) is 53.5 Å². The smallest absolute Gasteiger partial charge is 0.407 e. The molecule has 5 rings (SSSR count). The Hall–Kier alpha value is -3.88. The molecule has 1 aliphatic carbocycles. The third kappa shape index (κ3) is 6.09. The maximum absolute atomic E-state index is 14.3. The van der Waals surface area contributed by atoms with Crippen LogP contribution in [0.3, 0.4) is 0 Å². The lowest BCUT2D eigenvalue weighted by molar-refractivity contribution is 0.0491. The molecule has 1 saturated carbocycles. The van der Waals surface area contributed by atoms with Gasteiger partial charge in [0.25, 0.3) is 5.91 Å². The Kier molecular flexibility index (Phi) is 7.34. The number of nitrogens with one attached hydrogen (secondary N) is 2. The Morgan fingerprint density at radius 3 is 2.37 bits per heavy atom. The van der Waals surface area contributed by atoms with E-state index in [0.29, 0.717) is 29.6 Å². The van der Waals surface area contributed by atoms with E-state index < -0.39 is 23.4 Å². The molecular weight excluding hydrogens is 523 g/mol. The number of hydrogen-bond acceptors (Lipinski definition) is 5. The van der Waals surface area contributed by atoms with Gasteiger partial charge < -0.3 is 21.1 Å². The molecular formula is C32H39FN4O4. The molecule has 3 aromatic rings. The molecule has 0 unspecified atom stereocenters. The zero-order valence-electron chi connectivity index (χ0n) is 24.4. The number of rotatable bonds is 5. The summed E-state index contributed by atoms with van der Waals surface area (Å²) < 4.78 is 21.4. The van der Waals surface area contributed by atoms with Crippen LogP contribution in [-0.2, 0) is 11.2 Å². The van der Waals surface area contributed by atoms with Crippen molar-refractivity contribution in [1.29, 1.82) is 0 Å².